The third-order valence-corrected chi connectivity index (χ3v) is 4.86. The molecule has 0 atom stereocenters. The molecule has 1 aromatic heterocycles. The molecule has 132 valence electrons. The molecule has 0 unspecified atom stereocenters. The first-order valence-corrected chi connectivity index (χ1v) is 9.36. The van der Waals surface area contributed by atoms with Crippen molar-refractivity contribution in [1.29, 1.82) is 0 Å². The van der Waals surface area contributed by atoms with Crippen LogP contribution in [0.25, 0.3) is 11.3 Å². The van der Waals surface area contributed by atoms with Gasteiger partial charge in [-0.3, -0.25) is 10.1 Å². The Morgan fingerprint density at radius 3 is 2.96 bits per heavy atom. The summed E-state index contributed by atoms with van der Waals surface area (Å²) in [4.78, 5) is 16.7. The summed E-state index contributed by atoms with van der Waals surface area (Å²) in [5.41, 5.74) is 2.91. The van der Waals surface area contributed by atoms with E-state index in [1.165, 1.54) is 11.3 Å². The van der Waals surface area contributed by atoms with Gasteiger partial charge in [-0.25, -0.2) is 4.98 Å². The summed E-state index contributed by atoms with van der Waals surface area (Å²) in [6.07, 6.45) is 1.86. The fourth-order valence-electron chi connectivity index (χ4n) is 2.86. The van der Waals surface area contributed by atoms with Crippen LogP contribution in [0, 0.1) is 0 Å². The SMILES string of the molecule is O=C(COc1cccc2c1CCCO2)Nc1nc(-c2ccccc2)cs1. The number of carbonyl (C=O) groups excluding carboxylic acids is 1. The monoisotopic (exact) mass is 366 g/mol. The standard InChI is InChI=1S/C20H18N2O3S/c23-19(12-25-18-10-4-9-17-15(18)8-5-11-24-17)22-20-21-16(13-26-20)14-6-2-1-3-7-14/h1-4,6-7,9-10,13H,5,8,11-12H2,(H,21,22,23). The van der Waals surface area contributed by atoms with Gasteiger partial charge in [0.25, 0.3) is 5.91 Å². The maximum Gasteiger partial charge on any atom is 0.264 e. The van der Waals surface area contributed by atoms with Crippen LogP contribution in [0.1, 0.15) is 12.0 Å². The summed E-state index contributed by atoms with van der Waals surface area (Å²) < 4.78 is 11.3. The maximum absolute atomic E-state index is 12.2. The van der Waals surface area contributed by atoms with E-state index in [2.05, 4.69) is 10.3 Å². The van der Waals surface area contributed by atoms with E-state index in [0.717, 1.165) is 42.0 Å². The van der Waals surface area contributed by atoms with E-state index >= 15 is 0 Å². The summed E-state index contributed by atoms with van der Waals surface area (Å²) in [6.45, 7) is 0.668. The Morgan fingerprint density at radius 1 is 1.19 bits per heavy atom. The number of amides is 1. The lowest BCUT2D eigenvalue weighted by Gasteiger charge is -2.19. The van der Waals surface area contributed by atoms with Crippen LogP contribution in [0.4, 0.5) is 5.13 Å². The Bertz CT molecular complexity index is 908. The zero-order chi connectivity index (χ0) is 17.8. The predicted octanol–water partition coefficient (Wildman–Crippen LogP) is 4.15. The second-order valence-electron chi connectivity index (χ2n) is 5.93. The van der Waals surface area contributed by atoms with E-state index in [1.807, 2.05) is 53.9 Å². The highest BCUT2D eigenvalue weighted by Crippen LogP contribution is 2.32. The number of fused-ring (bicyclic) bond motifs is 1. The predicted molar refractivity (Wildman–Crippen MR) is 102 cm³/mol. The van der Waals surface area contributed by atoms with Crippen LogP contribution in [0.15, 0.2) is 53.9 Å². The van der Waals surface area contributed by atoms with Gasteiger partial charge in [0.1, 0.15) is 11.5 Å². The molecule has 5 nitrogen and oxygen atoms in total. The van der Waals surface area contributed by atoms with E-state index in [9.17, 15) is 4.79 Å². The van der Waals surface area contributed by atoms with Gasteiger partial charge in [0.15, 0.2) is 11.7 Å². The molecular weight excluding hydrogens is 348 g/mol. The molecule has 1 aliphatic heterocycles. The summed E-state index contributed by atoms with van der Waals surface area (Å²) >= 11 is 1.40. The number of thiazole rings is 1. The zero-order valence-corrected chi connectivity index (χ0v) is 14.9. The minimum absolute atomic E-state index is 0.0588. The maximum atomic E-state index is 12.2. The van der Waals surface area contributed by atoms with Crippen LogP contribution < -0.4 is 14.8 Å². The Labute approximate surface area is 155 Å². The highest BCUT2D eigenvalue weighted by Gasteiger charge is 2.16. The van der Waals surface area contributed by atoms with Crippen molar-refractivity contribution >= 4 is 22.4 Å². The first kappa shape index (κ1) is 16.6. The van der Waals surface area contributed by atoms with Gasteiger partial charge in [-0.05, 0) is 25.0 Å². The lowest BCUT2D eigenvalue weighted by Crippen LogP contribution is -2.21. The number of nitrogens with zero attached hydrogens (tertiary/aromatic N) is 1. The molecule has 2 aromatic carbocycles. The smallest absolute Gasteiger partial charge is 0.264 e. The third-order valence-electron chi connectivity index (χ3n) is 4.10. The molecule has 0 aliphatic carbocycles. The van der Waals surface area contributed by atoms with Crippen LogP contribution in [0.5, 0.6) is 11.5 Å². The van der Waals surface area contributed by atoms with Crippen molar-refractivity contribution < 1.29 is 14.3 Å². The lowest BCUT2D eigenvalue weighted by atomic mass is 10.1. The molecule has 6 heteroatoms. The Morgan fingerprint density at radius 2 is 2.08 bits per heavy atom. The van der Waals surface area contributed by atoms with Crippen molar-refractivity contribution in [2.24, 2.45) is 0 Å². The largest absolute Gasteiger partial charge is 0.493 e. The fourth-order valence-corrected chi connectivity index (χ4v) is 3.60. The minimum atomic E-state index is -0.228. The van der Waals surface area contributed by atoms with Gasteiger partial charge in [0, 0.05) is 16.5 Å². The van der Waals surface area contributed by atoms with Crippen molar-refractivity contribution in [2.45, 2.75) is 12.8 Å². The van der Waals surface area contributed by atoms with Crippen LogP contribution >= 0.6 is 11.3 Å². The van der Waals surface area contributed by atoms with Gasteiger partial charge in [-0.15, -0.1) is 11.3 Å². The highest BCUT2D eigenvalue weighted by atomic mass is 32.1. The van der Waals surface area contributed by atoms with Crippen LogP contribution in [0.3, 0.4) is 0 Å². The van der Waals surface area contributed by atoms with Crippen molar-refractivity contribution in [2.75, 3.05) is 18.5 Å². The van der Waals surface area contributed by atoms with Crippen molar-refractivity contribution in [1.82, 2.24) is 4.98 Å². The third kappa shape index (κ3) is 3.70. The first-order valence-electron chi connectivity index (χ1n) is 8.48. The molecule has 1 aliphatic rings. The Kier molecular flexibility index (Phi) is 4.84. The molecule has 26 heavy (non-hydrogen) atoms. The number of carbonyl (C=O) groups is 1. The molecule has 2 heterocycles. The Balaban J connectivity index is 1.37. The molecule has 0 spiro atoms. The molecule has 4 rings (SSSR count). The molecule has 0 saturated heterocycles. The second kappa shape index (κ2) is 7.58. The summed E-state index contributed by atoms with van der Waals surface area (Å²) in [6, 6.07) is 15.6. The average Bonchev–Trinajstić information content (AvgIpc) is 3.15. The van der Waals surface area contributed by atoms with E-state index in [4.69, 9.17) is 9.47 Å². The van der Waals surface area contributed by atoms with E-state index in [0.29, 0.717) is 10.9 Å². The molecule has 3 aromatic rings. The second-order valence-corrected chi connectivity index (χ2v) is 6.78. The number of nitrogens with one attached hydrogen (secondary N) is 1. The number of aromatic nitrogens is 1. The fraction of sp³-hybridized carbons (Fsp3) is 0.200. The molecule has 0 bridgehead atoms. The topological polar surface area (TPSA) is 60.5 Å². The number of hydrogen-bond acceptors (Lipinski definition) is 5. The number of ether oxygens (including phenoxy) is 2. The van der Waals surface area contributed by atoms with Crippen molar-refractivity contribution in [3.63, 3.8) is 0 Å². The first-order chi connectivity index (χ1) is 12.8. The van der Waals surface area contributed by atoms with Gasteiger partial charge in [0.05, 0.1) is 12.3 Å². The van der Waals surface area contributed by atoms with Gasteiger partial charge >= 0.3 is 0 Å². The number of rotatable bonds is 5. The molecule has 0 radical (unpaired) electrons. The van der Waals surface area contributed by atoms with E-state index in [-0.39, 0.29) is 12.5 Å². The highest BCUT2D eigenvalue weighted by molar-refractivity contribution is 7.14. The van der Waals surface area contributed by atoms with Gasteiger partial charge in [-0.2, -0.15) is 0 Å². The molecule has 0 saturated carbocycles. The quantitative estimate of drug-likeness (QED) is 0.737. The zero-order valence-electron chi connectivity index (χ0n) is 14.1. The lowest BCUT2D eigenvalue weighted by molar-refractivity contribution is -0.118. The molecular formula is C20H18N2O3S. The minimum Gasteiger partial charge on any atom is -0.493 e. The van der Waals surface area contributed by atoms with Gasteiger partial charge < -0.3 is 9.47 Å². The summed E-state index contributed by atoms with van der Waals surface area (Å²) in [5.74, 6) is 1.33. The van der Waals surface area contributed by atoms with Crippen LogP contribution in [0.2, 0.25) is 0 Å². The molecule has 1 amide bonds. The Hall–Kier alpha value is -2.86. The normalized spacial score (nSPS) is 12.8. The van der Waals surface area contributed by atoms with Crippen molar-refractivity contribution in [3.05, 3.63) is 59.5 Å². The van der Waals surface area contributed by atoms with E-state index < -0.39 is 0 Å². The average molecular weight is 366 g/mol. The molecule has 1 N–H and O–H groups in total. The number of anilines is 1. The number of benzene rings is 2. The van der Waals surface area contributed by atoms with Crippen LogP contribution in [-0.4, -0.2) is 24.1 Å². The van der Waals surface area contributed by atoms with Crippen LogP contribution in [-0.2, 0) is 11.2 Å². The summed E-state index contributed by atoms with van der Waals surface area (Å²) in [5, 5.41) is 5.29. The molecule has 0 fully saturated rings. The van der Waals surface area contributed by atoms with E-state index in [1.54, 1.807) is 0 Å². The summed E-state index contributed by atoms with van der Waals surface area (Å²) in [7, 11) is 0. The number of hydrogen-bond donors (Lipinski definition) is 1. The van der Waals surface area contributed by atoms with Gasteiger partial charge in [-0.1, -0.05) is 36.4 Å². The van der Waals surface area contributed by atoms with Gasteiger partial charge in [0.2, 0.25) is 0 Å². The van der Waals surface area contributed by atoms with Crippen molar-refractivity contribution in [3.8, 4) is 22.8 Å².